The summed E-state index contributed by atoms with van der Waals surface area (Å²) in [4.78, 5) is 7.80. The SMILES string of the molecule is CN=C(NCc1ccnc(OCC(F)(F)F)c1)NCc1ccc(C)c(F)c1. The van der Waals surface area contributed by atoms with Gasteiger partial charge >= 0.3 is 6.18 Å². The van der Waals surface area contributed by atoms with E-state index < -0.39 is 12.8 Å². The lowest BCUT2D eigenvalue weighted by Gasteiger charge is -2.13. The van der Waals surface area contributed by atoms with E-state index in [0.29, 0.717) is 30.2 Å². The van der Waals surface area contributed by atoms with Crippen molar-refractivity contribution in [3.05, 3.63) is 59.0 Å². The van der Waals surface area contributed by atoms with E-state index in [0.717, 1.165) is 5.56 Å². The van der Waals surface area contributed by atoms with Crippen molar-refractivity contribution in [3.63, 3.8) is 0 Å². The standard InChI is InChI=1S/C18H20F4N4O/c1-12-3-4-13(7-15(12)19)9-25-17(23-2)26-10-14-5-6-24-16(8-14)27-11-18(20,21)22/h3-8H,9-11H2,1-2H3,(H2,23,25,26). The average molecular weight is 384 g/mol. The number of rotatable bonds is 6. The molecule has 0 aliphatic carbocycles. The first-order chi connectivity index (χ1) is 12.8. The van der Waals surface area contributed by atoms with Gasteiger partial charge < -0.3 is 15.4 Å². The second-order valence-corrected chi connectivity index (χ2v) is 5.77. The second kappa shape index (κ2) is 9.20. The molecule has 5 nitrogen and oxygen atoms in total. The number of nitrogens with one attached hydrogen (secondary N) is 2. The molecule has 0 radical (unpaired) electrons. The lowest BCUT2D eigenvalue weighted by molar-refractivity contribution is -0.154. The van der Waals surface area contributed by atoms with Crippen molar-refractivity contribution in [1.29, 1.82) is 0 Å². The van der Waals surface area contributed by atoms with Gasteiger partial charge in [-0.1, -0.05) is 12.1 Å². The number of halogens is 4. The molecule has 27 heavy (non-hydrogen) atoms. The number of alkyl halides is 3. The number of guanidine groups is 1. The number of pyridine rings is 1. The first-order valence-corrected chi connectivity index (χ1v) is 8.11. The van der Waals surface area contributed by atoms with Crippen LogP contribution < -0.4 is 15.4 Å². The van der Waals surface area contributed by atoms with Gasteiger partial charge in [-0.15, -0.1) is 0 Å². The Morgan fingerprint density at radius 3 is 2.37 bits per heavy atom. The summed E-state index contributed by atoms with van der Waals surface area (Å²) < 4.78 is 54.8. The Labute approximate surface area is 154 Å². The molecule has 2 N–H and O–H groups in total. The molecule has 0 atom stereocenters. The van der Waals surface area contributed by atoms with E-state index >= 15 is 0 Å². The Hall–Kier alpha value is -2.84. The first-order valence-electron chi connectivity index (χ1n) is 8.11. The molecule has 9 heteroatoms. The maximum absolute atomic E-state index is 13.6. The topological polar surface area (TPSA) is 58.5 Å². The van der Waals surface area contributed by atoms with Crippen molar-refractivity contribution < 1.29 is 22.3 Å². The molecule has 0 saturated carbocycles. The van der Waals surface area contributed by atoms with Crippen LogP contribution in [0.1, 0.15) is 16.7 Å². The fraction of sp³-hybridized carbons (Fsp3) is 0.333. The normalized spacial score (nSPS) is 12.0. The van der Waals surface area contributed by atoms with E-state index in [1.54, 1.807) is 26.1 Å². The van der Waals surface area contributed by atoms with Crippen LogP contribution in [0.4, 0.5) is 17.6 Å². The van der Waals surface area contributed by atoms with Crippen LogP contribution in [0.3, 0.4) is 0 Å². The molecular weight excluding hydrogens is 364 g/mol. The van der Waals surface area contributed by atoms with Gasteiger partial charge in [0.15, 0.2) is 12.6 Å². The molecule has 0 bridgehead atoms. The number of hydrogen-bond donors (Lipinski definition) is 2. The Bertz CT molecular complexity index is 793. The maximum Gasteiger partial charge on any atom is 0.422 e. The van der Waals surface area contributed by atoms with E-state index in [-0.39, 0.29) is 11.7 Å². The molecule has 0 aliphatic rings. The minimum atomic E-state index is -4.42. The number of aromatic nitrogens is 1. The highest BCUT2D eigenvalue weighted by molar-refractivity contribution is 5.79. The smallest absolute Gasteiger partial charge is 0.422 e. The summed E-state index contributed by atoms with van der Waals surface area (Å²) in [6.07, 6.45) is -3.05. The summed E-state index contributed by atoms with van der Waals surface area (Å²) in [7, 11) is 1.58. The van der Waals surface area contributed by atoms with Crippen molar-refractivity contribution in [2.75, 3.05) is 13.7 Å². The molecule has 1 aromatic heterocycles. The lowest BCUT2D eigenvalue weighted by atomic mass is 10.1. The third kappa shape index (κ3) is 7.12. The molecule has 2 aromatic rings. The summed E-state index contributed by atoms with van der Waals surface area (Å²) in [6, 6.07) is 8.02. The number of nitrogens with zero attached hydrogens (tertiary/aromatic N) is 2. The molecule has 0 unspecified atom stereocenters. The number of aryl methyl sites for hydroxylation is 1. The van der Waals surface area contributed by atoms with Gasteiger partial charge in [0.05, 0.1) is 0 Å². The minimum Gasteiger partial charge on any atom is -0.468 e. The zero-order valence-electron chi connectivity index (χ0n) is 14.9. The van der Waals surface area contributed by atoms with Gasteiger partial charge in [0.1, 0.15) is 5.82 Å². The van der Waals surface area contributed by atoms with Gasteiger partial charge in [0.25, 0.3) is 0 Å². The van der Waals surface area contributed by atoms with Crippen molar-refractivity contribution in [3.8, 4) is 5.88 Å². The summed E-state index contributed by atoms with van der Waals surface area (Å²) in [5.41, 5.74) is 2.00. The van der Waals surface area contributed by atoms with E-state index in [4.69, 9.17) is 0 Å². The van der Waals surface area contributed by atoms with Gasteiger partial charge in [-0.25, -0.2) is 9.37 Å². The van der Waals surface area contributed by atoms with Crippen molar-refractivity contribution in [2.24, 2.45) is 4.99 Å². The minimum absolute atomic E-state index is 0.107. The summed E-state index contributed by atoms with van der Waals surface area (Å²) in [5, 5.41) is 6.06. The van der Waals surface area contributed by atoms with Crippen LogP contribution in [-0.4, -0.2) is 30.8 Å². The predicted octanol–water partition coefficient (Wildman–Crippen LogP) is 3.34. The van der Waals surface area contributed by atoms with E-state index in [1.165, 1.54) is 18.3 Å². The Morgan fingerprint density at radius 1 is 1.11 bits per heavy atom. The van der Waals surface area contributed by atoms with Gasteiger partial charge in [0, 0.05) is 32.4 Å². The molecule has 0 spiro atoms. The van der Waals surface area contributed by atoms with Crippen LogP contribution in [0, 0.1) is 12.7 Å². The first kappa shape index (κ1) is 20.5. The highest BCUT2D eigenvalue weighted by atomic mass is 19.4. The van der Waals surface area contributed by atoms with Gasteiger partial charge in [0.2, 0.25) is 5.88 Å². The molecule has 1 aromatic carbocycles. The van der Waals surface area contributed by atoms with Crippen molar-refractivity contribution >= 4 is 5.96 Å². The monoisotopic (exact) mass is 384 g/mol. The highest BCUT2D eigenvalue weighted by Crippen LogP contribution is 2.17. The second-order valence-electron chi connectivity index (χ2n) is 5.77. The van der Waals surface area contributed by atoms with Crippen LogP contribution >= 0.6 is 0 Å². The lowest BCUT2D eigenvalue weighted by Crippen LogP contribution is -2.36. The summed E-state index contributed by atoms with van der Waals surface area (Å²) in [5.74, 6) is 0.0793. The van der Waals surface area contributed by atoms with Crippen LogP contribution in [0.2, 0.25) is 0 Å². The molecule has 2 rings (SSSR count). The Kier molecular flexibility index (Phi) is 6.98. The quantitative estimate of drug-likeness (QED) is 0.456. The van der Waals surface area contributed by atoms with E-state index in [9.17, 15) is 17.6 Å². The van der Waals surface area contributed by atoms with Crippen LogP contribution in [0.25, 0.3) is 0 Å². The number of aliphatic imine (C=N–C) groups is 1. The molecule has 0 aliphatic heterocycles. The summed E-state index contributed by atoms with van der Waals surface area (Å²) in [6.45, 7) is 0.960. The third-order valence-corrected chi connectivity index (χ3v) is 3.56. The molecular formula is C18H20F4N4O. The Morgan fingerprint density at radius 2 is 1.78 bits per heavy atom. The van der Waals surface area contributed by atoms with Crippen molar-refractivity contribution in [2.45, 2.75) is 26.2 Å². The number of benzene rings is 1. The average Bonchev–Trinajstić information content (AvgIpc) is 2.63. The molecule has 0 fully saturated rings. The molecule has 0 saturated heterocycles. The molecule has 146 valence electrons. The summed E-state index contributed by atoms with van der Waals surface area (Å²) >= 11 is 0. The van der Waals surface area contributed by atoms with Gasteiger partial charge in [-0.2, -0.15) is 13.2 Å². The van der Waals surface area contributed by atoms with Crippen LogP contribution in [0.15, 0.2) is 41.5 Å². The number of ether oxygens (including phenoxy) is 1. The van der Waals surface area contributed by atoms with Crippen LogP contribution in [0.5, 0.6) is 5.88 Å². The highest BCUT2D eigenvalue weighted by Gasteiger charge is 2.28. The zero-order valence-corrected chi connectivity index (χ0v) is 14.9. The Balaban J connectivity index is 1.87. The zero-order chi connectivity index (χ0) is 19.9. The number of hydrogen-bond acceptors (Lipinski definition) is 3. The van der Waals surface area contributed by atoms with Gasteiger partial charge in [-0.05, 0) is 35.7 Å². The third-order valence-electron chi connectivity index (χ3n) is 3.56. The molecule has 0 amide bonds. The predicted molar refractivity (Wildman–Crippen MR) is 94.0 cm³/mol. The van der Waals surface area contributed by atoms with Crippen LogP contribution in [-0.2, 0) is 13.1 Å². The fourth-order valence-corrected chi connectivity index (χ4v) is 2.13. The maximum atomic E-state index is 13.6. The van der Waals surface area contributed by atoms with Crippen molar-refractivity contribution in [1.82, 2.24) is 15.6 Å². The fourth-order valence-electron chi connectivity index (χ4n) is 2.13. The largest absolute Gasteiger partial charge is 0.468 e. The van der Waals surface area contributed by atoms with Gasteiger partial charge in [-0.3, -0.25) is 4.99 Å². The molecule has 1 heterocycles. The van der Waals surface area contributed by atoms with E-state index in [2.05, 4.69) is 25.3 Å². The van der Waals surface area contributed by atoms with E-state index in [1.807, 2.05) is 6.07 Å².